The first-order chi connectivity index (χ1) is 13.0. The monoisotopic (exact) mass is 423 g/mol. The van der Waals surface area contributed by atoms with E-state index in [1.54, 1.807) is 36.4 Å². The summed E-state index contributed by atoms with van der Waals surface area (Å²) in [6.45, 7) is 4.47. The van der Waals surface area contributed by atoms with Gasteiger partial charge in [-0.2, -0.15) is 0 Å². The van der Waals surface area contributed by atoms with Gasteiger partial charge in [0.1, 0.15) is 0 Å². The SMILES string of the molecule is CCCN(C(=O)c1ccc(S(=O)(=O)Nc2ccccc2)cc1)C1CCNC1.Cl. The third-order valence-corrected chi connectivity index (χ3v) is 6.04. The highest BCUT2D eigenvalue weighted by atomic mass is 35.5. The molecular formula is C20H26ClN3O3S. The lowest BCUT2D eigenvalue weighted by molar-refractivity contribution is 0.0692. The number of amides is 1. The smallest absolute Gasteiger partial charge is 0.261 e. The van der Waals surface area contributed by atoms with Crippen molar-refractivity contribution in [3.63, 3.8) is 0 Å². The number of anilines is 1. The van der Waals surface area contributed by atoms with Crippen LogP contribution in [0.15, 0.2) is 59.5 Å². The standard InChI is InChI=1S/C20H25N3O3S.ClH/c1-2-14-23(18-12-13-21-15-18)20(24)16-8-10-19(11-9-16)27(25,26)22-17-6-4-3-5-7-17;/h3-11,18,21-22H,2,12-15H2,1H3;1H. The van der Waals surface area contributed by atoms with Crippen molar-refractivity contribution in [2.75, 3.05) is 24.4 Å². The Morgan fingerprint density at radius 3 is 2.39 bits per heavy atom. The van der Waals surface area contributed by atoms with Crippen molar-refractivity contribution in [3.8, 4) is 0 Å². The van der Waals surface area contributed by atoms with Gasteiger partial charge in [-0.1, -0.05) is 25.1 Å². The van der Waals surface area contributed by atoms with Crippen molar-refractivity contribution in [1.82, 2.24) is 10.2 Å². The van der Waals surface area contributed by atoms with Crippen LogP contribution in [0.4, 0.5) is 5.69 Å². The Morgan fingerprint density at radius 1 is 1.14 bits per heavy atom. The van der Waals surface area contributed by atoms with E-state index in [4.69, 9.17) is 0 Å². The Kier molecular flexibility index (Phi) is 7.86. The molecule has 152 valence electrons. The molecule has 1 aliphatic rings. The highest BCUT2D eigenvalue weighted by Gasteiger charge is 2.27. The molecule has 2 aromatic rings. The fourth-order valence-electron chi connectivity index (χ4n) is 3.26. The Labute approximate surface area is 172 Å². The summed E-state index contributed by atoms with van der Waals surface area (Å²) in [5.41, 5.74) is 1.01. The lowest BCUT2D eigenvalue weighted by Gasteiger charge is -2.28. The second kappa shape index (κ2) is 9.91. The van der Waals surface area contributed by atoms with Gasteiger partial charge in [-0.05, 0) is 55.8 Å². The van der Waals surface area contributed by atoms with Crippen LogP contribution in [0, 0.1) is 0 Å². The zero-order valence-electron chi connectivity index (χ0n) is 15.8. The van der Waals surface area contributed by atoms with Crippen LogP contribution < -0.4 is 10.0 Å². The van der Waals surface area contributed by atoms with E-state index in [0.29, 0.717) is 17.8 Å². The van der Waals surface area contributed by atoms with E-state index in [1.165, 1.54) is 12.1 Å². The average molecular weight is 424 g/mol. The first-order valence-electron chi connectivity index (χ1n) is 9.21. The number of nitrogens with zero attached hydrogens (tertiary/aromatic N) is 1. The summed E-state index contributed by atoms with van der Waals surface area (Å²) in [5.74, 6) is -0.0504. The normalized spacial score (nSPS) is 16.2. The van der Waals surface area contributed by atoms with Gasteiger partial charge < -0.3 is 10.2 Å². The molecule has 2 aromatic carbocycles. The Bertz CT molecular complexity index is 867. The highest BCUT2D eigenvalue weighted by Crippen LogP contribution is 2.19. The van der Waals surface area contributed by atoms with Crippen LogP contribution >= 0.6 is 12.4 Å². The number of carbonyl (C=O) groups excluding carboxylic acids is 1. The summed E-state index contributed by atoms with van der Waals surface area (Å²) in [4.78, 5) is 14.9. The second-order valence-electron chi connectivity index (χ2n) is 6.64. The molecule has 1 unspecified atom stereocenters. The molecule has 1 atom stereocenters. The fourth-order valence-corrected chi connectivity index (χ4v) is 4.32. The van der Waals surface area contributed by atoms with Crippen LogP contribution in [-0.2, 0) is 10.0 Å². The van der Waals surface area contributed by atoms with Crippen LogP contribution in [0.1, 0.15) is 30.1 Å². The molecule has 1 amide bonds. The minimum Gasteiger partial charge on any atom is -0.334 e. The third-order valence-electron chi connectivity index (χ3n) is 4.64. The number of benzene rings is 2. The molecule has 0 radical (unpaired) electrons. The zero-order chi connectivity index (χ0) is 19.3. The zero-order valence-corrected chi connectivity index (χ0v) is 17.4. The van der Waals surface area contributed by atoms with Crippen LogP contribution in [0.25, 0.3) is 0 Å². The van der Waals surface area contributed by atoms with Crippen molar-refractivity contribution < 1.29 is 13.2 Å². The summed E-state index contributed by atoms with van der Waals surface area (Å²) in [7, 11) is -3.69. The van der Waals surface area contributed by atoms with Crippen LogP contribution in [0.5, 0.6) is 0 Å². The predicted molar refractivity (Wildman–Crippen MR) is 114 cm³/mol. The number of nitrogens with one attached hydrogen (secondary N) is 2. The summed E-state index contributed by atoms with van der Waals surface area (Å²) in [6, 6.07) is 15.1. The molecule has 1 aliphatic heterocycles. The predicted octanol–water partition coefficient (Wildman–Crippen LogP) is 3.12. The molecule has 28 heavy (non-hydrogen) atoms. The van der Waals surface area contributed by atoms with Crippen LogP contribution in [-0.4, -0.2) is 44.9 Å². The molecule has 6 nitrogen and oxygen atoms in total. The van der Waals surface area contributed by atoms with E-state index in [-0.39, 0.29) is 29.3 Å². The van der Waals surface area contributed by atoms with E-state index in [1.807, 2.05) is 17.9 Å². The molecule has 1 fully saturated rings. The number of rotatable bonds is 7. The minimum absolute atomic E-state index is 0. The van der Waals surface area contributed by atoms with E-state index in [9.17, 15) is 13.2 Å². The van der Waals surface area contributed by atoms with E-state index >= 15 is 0 Å². The maximum absolute atomic E-state index is 12.9. The van der Waals surface area contributed by atoms with Gasteiger partial charge in [0.2, 0.25) is 0 Å². The molecule has 0 aromatic heterocycles. The second-order valence-corrected chi connectivity index (χ2v) is 8.32. The van der Waals surface area contributed by atoms with Crippen molar-refractivity contribution in [3.05, 3.63) is 60.2 Å². The largest absolute Gasteiger partial charge is 0.334 e. The van der Waals surface area contributed by atoms with Gasteiger partial charge >= 0.3 is 0 Å². The number of para-hydroxylation sites is 1. The number of hydrogen-bond donors (Lipinski definition) is 2. The number of hydrogen-bond acceptors (Lipinski definition) is 4. The van der Waals surface area contributed by atoms with Gasteiger partial charge in [0, 0.05) is 30.4 Å². The first-order valence-corrected chi connectivity index (χ1v) is 10.7. The van der Waals surface area contributed by atoms with Gasteiger partial charge in [-0.3, -0.25) is 9.52 Å². The topological polar surface area (TPSA) is 78.5 Å². The average Bonchev–Trinajstić information content (AvgIpc) is 3.20. The molecule has 0 saturated carbocycles. The molecule has 3 rings (SSSR count). The van der Waals surface area contributed by atoms with Gasteiger partial charge in [-0.25, -0.2) is 8.42 Å². The molecule has 8 heteroatoms. The minimum atomic E-state index is -3.69. The quantitative estimate of drug-likeness (QED) is 0.717. The van der Waals surface area contributed by atoms with Gasteiger partial charge in [0.05, 0.1) is 4.90 Å². The fraction of sp³-hybridized carbons (Fsp3) is 0.350. The molecular weight excluding hydrogens is 398 g/mol. The van der Waals surface area contributed by atoms with Gasteiger partial charge in [0.15, 0.2) is 0 Å². The van der Waals surface area contributed by atoms with E-state index in [2.05, 4.69) is 10.0 Å². The summed E-state index contributed by atoms with van der Waals surface area (Å²) in [6.07, 6.45) is 1.83. The van der Waals surface area contributed by atoms with Gasteiger partial charge in [-0.15, -0.1) is 12.4 Å². The molecule has 1 saturated heterocycles. The lowest BCUT2D eigenvalue weighted by atomic mass is 10.1. The number of sulfonamides is 1. The van der Waals surface area contributed by atoms with Crippen LogP contribution in [0.2, 0.25) is 0 Å². The Morgan fingerprint density at radius 2 is 1.82 bits per heavy atom. The molecule has 2 N–H and O–H groups in total. The summed E-state index contributed by atoms with van der Waals surface area (Å²) >= 11 is 0. The van der Waals surface area contributed by atoms with Crippen molar-refractivity contribution in [2.24, 2.45) is 0 Å². The van der Waals surface area contributed by atoms with Crippen molar-refractivity contribution >= 4 is 34.0 Å². The summed E-state index contributed by atoms with van der Waals surface area (Å²) < 4.78 is 27.6. The third kappa shape index (κ3) is 5.25. The number of carbonyl (C=O) groups is 1. The van der Waals surface area contributed by atoms with Crippen LogP contribution in [0.3, 0.4) is 0 Å². The van der Waals surface area contributed by atoms with E-state index in [0.717, 1.165) is 25.9 Å². The van der Waals surface area contributed by atoms with Crippen molar-refractivity contribution in [1.29, 1.82) is 0 Å². The molecule has 0 bridgehead atoms. The Hall–Kier alpha value is -2.09. The maximum atomic E-state index is 12.9. The Balaban J connectivity index is 0.00000280. The van der Waals surface area contributed by atoms with Crippen molar-refractivity contribution in [2.45, 2.75) is 30.7 Å². The lowest BCUT2D eigenvalue weighted by Crippen LogP contribution is -2.42. The van der Waals surface area contributed by atoms with Gasteiger partial charge in [0.25, 0.3) is 15.9 Å². The molecule has 0 aliphatic carbocycles. The molecule has 0 spiro atoms. The maximum Gasteiger partial charge on any atom is 0.261 e. The first kappa shape index (κ1) is 22.2. The summed E-state index contributed by atoms with van der Waals surface area (Å²) in [5, 5.41) is 3.29. The number of halogens is 1. The molecule has 1 heterocycles. The van der Waals surface area contributed by atoms with E-state index < -0.39 is 10.0 Å². The highest BCUT2D eigenvalue weighted by molar-refractivity contribution is 7.92.